The van der Waals surface area contributed by atoms with E-state index in [1.807, 2.05) is 85.8 Å². The number of nitrogens with zero attached hydrogens (tertiary/aromatic N) is 3. The van der Waals surface area contributed by atoms with Crippen LogP contribution in [-0.2, 0) is 4.79 Å². The third-order valence-corrected chi connectivity index (χ3v) is 4.95. The molecule has 0 aliphatic heterocycles. The molecule has 0 fully saturated rings. The van der Waals surface area contributed by atoms with Gasteiger partial charge >= 0.3 is 6.01 Å². The first-order valence-electron chi connectivity index (χ1n) is 11.2. The van der Waals surface area contributed by atoms with E-state index in [0.29, 0.717) is 35.8 Å². The van der Waals surface area contributed by atoms with E-state index in [-0.39, 0.29) is 12.5 Å². The lowest BCUT2D eigenvalue weighted by molar-refractivity contribution is -0.118. The molecule has 1 N–H and O–H groups in total. The van der Waals surface area contributed by atoms with Gasteiger partial charge in [0.2, 0.25) is 0 Å². The minimum absolute atomic E-state index is 0.0665. The Morgan fingerprint density at radius 1 is 0.941 bits per heavy atom. The van der Waals surface area contributed by atoms with Crippen LogP contribution in [0.25, 0.3) is 17.1 Å². The fraction of sp³-hybridized carbons (Fsp3) is 0.222. The maximum atomic E-state index is 12.3. The highest BCUT2D eigenvalue weighted by Crippen LogP contribution is 2.25. The lowest BCUT2D eigenvalue weighted by atomic mass is 10.1. The van der Waals surface area contributed by atoms with Crippen LogP contribution >= 0.6 is 0 Å². The van der Waals surface area contributed by atoms with E-state index in [0.717, 1.165) is 11.3 Å². The van der Waals surface area contributed by atoms with Crippen molar-refractivity contribution in [3.05, 3.63) is 84.4 Å². The fourth-order valence-electron chi connectivity index (χ4n) is 3.21. The third kappa shape index (κ3) is 6.01. The standard InChI is InChI=1S/C27H28N4O3/c1-19(2)17-34-27-29-26(21-11-9-20(3)10-12-21)31(30-27)23-15-13-22(14-16-23)28-25(32)18-33-24-7-5-4-6-8-24/h4-16,19H,17-18H2,1-3H3,(H,28,32). The lowest BCUT2D eigenvalue weighted by Gasteiger charge is -2.09. The normalized spacial score (nSPS) is 10.8. The summed E-state index contributed by atoms with van der Waals surface area (Å²) in [5.74, 6) is 1.47. The molecule has 0 spiro atoms. The molecule has 0 radical (unpaired) electrons. The number of ether oxygens (including phenoxy) is 2. The highest BCUT2D eigenvalue weighted by atomic mass is 16.5. The second-order valence-electron chi connectivity index (χ2n) is 8.40. The van der Waals surface area contributed by atoms with E-state index in [9.17, 15) is 4.79 Å². The minimum Gasteiger partial charge on any atom is -0.484 e. The molecule has 0 unspecified atom stereocenters. The number of carbonyl (C=O) groups excluding carboxylic acids is 1. The van der Waals surface area contributed by atoms with Gasteiger partial charge in [0.1, 0.15) is 5.75 Å². The quantitative estimate of drug-likeness (QED) is 0.370. The van der Waals surface area contributed by atoms with Crippen LogP contribution in [0.1, 0.15) is 19.4 Å². The predicted octanol–water partition coefficient (Wildman–Crippen LogP) is 5.30. The van der Waals surface area contributed by atoms with Crippen LogP contribution in [-0.4, -0.2) is 33.9 Å². The lowest BCUT2D eigenvalue weighted by Crippen LogP contribution is -2.20. The number of anilines is 1. The zero-order valence-electron chi connectivity index (χ0n) is 19.6. The van der Waals surface area contributed by atoms with Crippen LogP contribution in [0.3, 0.4) is 0 Å². The topological polar surface area (TPSA) is 78.3 Å². The second kappa shape index (κ2) is 10.7. The smallest absolute Gasteiger partial charge is 0.336 e. The number of rotatable bonds is 9. The molecule has 0 bridgehead atoms. The van der Waals surface area contributed by atoms with E-state index in [1.165, 1.54) is 5.56 Å². The van der Waals surface area contributed by atoms with Crippen molar-refractivity contribution in [2.24, 2.45) is 5.92 Å². The molecule has 7 nitrogen and oxygen atoms in total. The molecule has 0 saturated carbocycles. The molecule has 0 saturated heterocycles. The van der Waals surface area contributed by atoms with Gasteiger partial charge in [-0.15, -0.1) is 5.10 Å². The number of aromatic nitrogens is 3. The van der Waals surface area contributed by atoms with E-state index in [1.54, 1.807) is 4.68 Å². The Morgan fingerprint density at radius 2 is 1.65 bits per heavy atom. The van der Waals surface area contributed by atoms with Crippen molar-refractivity contribution < 1.29 is 14.3 Å². The van der Waals surface area contributed by atoms with E-state index in [2.05, 4.69) is 29.2 Å². The average molecular weight is 457 g/mol. The van der Waals surface area contributed by atoms with Crippen molar-refractivity contribution in [1.29, 1.82) is 0 Å². The number of benzene rings is 3. The van der Waals surface area contributed by atoms with Gasteiger partial charge in [-0.3, -0.25) is 4.79 Å². The fourth-order valence-corrected chi connectivity index (χ4v) is 3.21. The first-order chi connectivity index (χ1) is 16.5. The van der Waals surface area contributed by atoms with E-state index in [4.69, 9.17) is 9.47 Å². The number of hydrogen-bond acceptors (Lipinski definition) is 5. The summed E-state index contributed by atoms with van der Waals surface area (Å²) in [6.07, 6.45) is 0. The highest BCUT2D eigenvalue weighted by molar-refractivity contribution is 5.92. The van der Waals surface area contributed by atoms with Crippen LogP contribution in [0.5, 0.6) is 11.8 Å². The summed E-state index contributed by atoms with van der Waals surface area (Å²) >= 11 is 0. The molecule has 7 heteroatoms. The van der Waals surface area contributed by atoms with Gasteiger partial charge in [-0.1, -0.05) is 61.9 Å². The molecule has 174 valence electrons. The molecule has 4 aromatic rings. The molecule has 1 aromatic heterocycles. The molecule has 1 amide bonds. The second-order valence-corrected chi connectivity index (χ2v) is 8.40. The Labute approximate surface area is 199 Å². The summed E-state index contributed by atoms with van der Waals surface area (Å²) in [7, 11) is 0. The summed E-state index contributed by atoms with van der Waals surface area (Å²) in [5, 5.41) is 7.43. The summed E-state index contributed by atoms with van der Waals surface area (Å²) in [6, 6.07) is 25.1. The SMILES string of the molecule is Cc1ccc(-c2nc(OCC(C)C)nn2-c2ccc(NC(=O)COc3ccccc3)cc2)cc1. The first-order valence-corrected chi connectivity index (χ1v) is 11.2. The predicted molar refractivity (Wildman–Crippen MR) is 132 cm³/mol. The molecule has 1 heterocycles. The number of aryl methyl sites for hydroxylation is 1. The van der Waals surface area contributed by atoms with Gasteiger partial charge in [0, 0.05) is 11.3 Å². The van der Waals surface area contributed by atoms with Gasteiger partial charge in [0.25, 0.3) is 5.91 Å². The van der Waals surface area contributed by atoms with Gasteiger partial charge in [-0.25, -0.2) is 4.68 Å². The Bertz CT molecular complexity index is 1220. The monoisotopic (exact) mass is 456 g/mol. The maximum absolute atomic E-state index is 12.3. The largest absolute Gasteiger partial charge is 0.484 e. The number of carbonyl (C=O) groups is 1. The van der Waals surface area contributed by atoms with Crippen LogP contribution in [0.2, 0.25) is 0 Å². The van der Waals surface area contributed by atoms with Gasteiger partial charge in [-0.05, 0) is 49.2 Å². The number of amides is 1. The molecule has 34 heavy (non-hydrogen) atoms. The van der Waals surface area contributed by atoms with Crippen molar-refractivity contribution in [3.8, 4) is 28.8 Å². The summed E-state index contributed by atoms with van der Waals surface area (Å²) in [6.45, 7) is 6.67. The summed E-state index contributed by atoms with van der Waals surface area (Å²) in [4.78, 5) is 16.9. The van der Waals surface area contributed by atoms with Crippen molar-refractivity contribution >= 4 is 11.6 Å². The summed E-state index contributed by atoms with van der Waals surface area (Å²) in [5.41, 5.74) is 3.58. The molecule has 0 aliphatic carbocycles. The first kappa shape index (κ1) is 23.0. The van der Waals surface area contributed by atoms with Crippen LogP contribution in [0.15, 0.2) is 78.9 Å². The van der Waals surface area contributed by atoms with E-state index < -0.39 is 0 Å². The number of hydrogen-bond donors (Lipinski definition) is 1. The van der Waals surface area contributed by atoms with Crippen LogP contribution in [0.4, 0.5) is 5.69 Å². The highest BCUT2D eigenvalue weighted by Gasteiger charge is 2.15. The molecular weight excluding hydrogens is 428 g/mol. The van der Waals surface area contributed by atoms with Gasteiger partial charge in [0.15, 0.2) is 12.4 Å². The van der Waals surface area contributed by atoms with Crippen molar-refractivity contribution in [2.75, 3.05) is 18.5 Å². The Kier molecular flexibility index (Phi) is 7.22. The van der Waals surface area contributed by atoms with Gasteiger partial charge in [-0.2, -0.15) is 4.98 Å². The molecular formula is C27H28N4O3. The zero-order valence-corrected chi connectivity index (χ0v) is 19.6. The average Bonchev–Trinajstić information content (AvgIpc) is 3.27. The molecule has 0 atom stereocenters. The number of para-hydroxylation sites is 1. The minimum atomic E-state index is -0.234. The van der Waals surface area contributed by atoms with Crippen molar-refractivity contribution in [1.82, 2.24) is 14.8 Å². The Balaban J connectivity index is 1.50. The summed E-state index contributed by atoms with van der Waals surface area (Å²) < 4.78 is 13.0. The van der Waals surface area contributed by atoms with Crippen LogP contribution < -0.4 is 14.8 Å². The van der Waals surface area contributed by atoms with Crippen molar-refractivity contribution in [3.63, 3.8) is 0 Å². The third-order valence-electron chi connectivity index (χ3n) is 4.95. The Morgan fingerprint density at radius 3 is 2.32 bits per heavy atom. The van der Waals surface area contributed by atoms with Gasteiger partial charge in [0.05, 0.1) is 12.3 Å². The molecule has 0 aliphatic rings. The maximum Gasteiger partial charge on any atom is 0.336 e. The number of nitrogens with one attached hydrogen (secondary N) is 1. The Hall–Kier alpha value is -4.13. The molecule has 4 rings (SSSR count). The van der Waals surface area contributed by atoms with E-state index >= 15 is 0 Å². The molecule has 3 aromatic carbocycles. The van der Waals surface area contributed by atoms with Crippen molar-refractivity contribution in [2.45, 2.75) is 20.8 Å². The zero-order chi connectivity index (χ0) is 23.9. The van der Waals surface area contributed by atoms with Gasteiger partial charge < -0.3 is 14.8 Å². The van der Waals surface area contributed by atoms with Crippen LogP contribution in [0, 0.1) is 12.8 Å².